The molecule has 1 aliphatic rings. The maximum atomic E-state index is 5.62. The lowest BCUT2D eigenvalue weighted by molar-refractivity contribution is -0.0146. The average Bonchev–Trinajstić information content (AvgIpc) is 2.12. The molecular formula is C8H17NO. The molecule has 1 unspecified atom stereocenters. The highest BCUT2D eigenvalue weighted by Gasteiger charge is 2.31. The molecule has 1 rings (SSSR count). The van der Waals surface area contributed by atoms with Crippen LogP contribution in [0.1, 0.15) is 20.3 Å². The van der Waals surface area contributed by atoms with Crippen LogP contribution in [-0.4, -0.2) is 37.2 Å². The first kappa shape index (κ1) is 8.02. The summed E-state index contributed by atoms with van der Waals surface area (Å²) in [4.78, 5) is 2.32. The van der Waals surface area contributed by atoms with Gasteiger partial charge in [0, 0.05) is 19.7 Å². The molecule has 1 heterocycles. The van der Waals surface area contributed by atoms with Crippen LogP contribution < -0.4 is 0 Å². The quantitative estimate of drug-likeness (QED) is 0.574. The number of rotatable bonds is 2. The molecule has 0 amide bonds. The third-order valence-electron chi connectivity index (χ3n) is 2.12. The second kappa shape index (κ2) is 2.89. The minimum Gasteiger partial charge on any atom is -0.374 e. The number of nitrogens with zero attached hydrogens (tertiary/aromatic N) is 1. The van der Waals surface area contributed by atoms with E-state index in [2.05, 4.69) is 25.8 Å². The number of likely N-dealkylation sites (N-methyl/N-ethyl adjacent to an activating group) is 1. The monoisotopic (exact) mass is 143 g/mol. The van der Waals surface area contributed by atoms with E-state index in [1.165, 1.54) is 13.0 Å². The second-order valence-electron chi connectivity index (χ2n) is 3.37. The van der Waals surface area contributed by atoms with Crippen LogP contribution in [0.15, 0.2) is 0 Å². The van der Waals surface area contributed by atoms with E-state index < -0.39 is 0 Å². The van der Waals surface area contributed by atoms with Gasteiger partial charge in [0.2, 0.25) is 0 Å². The van der Waals surface area contributed by atoms with Crippen molar-refractivity contribution in [2.45, 2.75) is 25.9 Å². The van der Waals surface area contributed by atoms with Crippen LogP contribution in [0.25, 0.3) is 0 Å². The Morgan fingerprint density at radius 1 is 1.60 bits per heavy atom. The molecule has 0 spiro atoms. The standard InChI is InChI=1S/C8H17NO/c1-4-10-8(2)5-6-9(3)7-8/h4-7H2,1-3H3. The summed E-state index contributed by atoms with van der Waals surface area (Å²) >= 11 is 0. The van der Waals surface area contributed by atoms with E-state index in [0.29, 0.717) is 0 Å². The van der Waals surface area contributed by atoms with Crippen molar-refractivity contribution in [1.29, 1.82) is 0 Å². The third-order valence-corrected chi connectivity index (χ3v) is 2.12. The molecule has 1 saturated heterocycles. The Kier molecular flexibility index (Phi) is 2.32. The Bertz CT molecular complexity index is 112. The fourth-order valence-corrected chi connectivity index (χ4v) is 1.62. The van der Waals surface area contributed by atoms with Crippen LogP contribution in [0.4, 0.5) is 0 Å². The Balaban J connectivity index is 2.38. The van der Waals surface area contributed by atoms with E-state index in [-0.39, 0.29) is 5.60 Å². The molecule has 0 N–H and O–H groups in total. The van der Waals surface area contributed by atoms with Crippen molar-refractivity contribution in [1.82, 2.24) is 4.90 Å². The van der Waals surface area contributed by atoms with Gasteiger partial charge in [-0.05, 0) is 27.3 Å². The van der Waals surface area contributed by atoms with E-state index >= 15 is 0 Å². The minimum absolute atomic E-state index is 0.142. The normalized spacial score (nSPS) is 35.1. The molecule has 0 aromatic heterocycles. The van der Waals surface area contributed by atoms with E-state index in [9.17, 15) is 0 Å². The van der Waals surface area contributed by atoms with Crippen LogP contribution in [0.5, 0.6) is 0 Å². The summed E-state index contributed by atoms with van der Waals surface area (Å²) in [5, 5.41) is 0. The molecule has 0 aromatic carbocycles. The Morgan fingerprint density at radius 3 is 2.70 bits per heavy atom. The van der Waals surface area contributed by atoms with Crippen molar-refractivity contribution >= 4 is 0 Å². The highest BCUT2D eigenvalue weighted by atomic mass is 16.5. The van der Waals surface area contributed by atoms with Crippen LogP contribution in [0.3, 0.4) is 0 Å². The fraction of sp³-hybridized carbons (Fsp3) is 1.00. The Morgan fingerprint density at radius 2 is 2.30 bits per heavy atom. The van der Waals surface area contributed by atoms with Crippen molar-refractivity contribution < 1.29 is 4.74 Å². The van der Waals surface area contributed by atoms with Crippen LogP contribution in [0, 0.1) is 0 Å². The number of hydrogen-bond acceptors (Lipinski definition) is 2. The molecular weight excluding hydrogens is 126 g/mol. The first-order valence-electron chi connectivity index (χ1n) is 3.99. The lowest BCUT2D eigenvalue weighted by Gasteiger charge is -2.23. The summed E-state index contributed by atoms with van der Waals surface area (Å²) in [6.45, 7) is 7.35. The smallest absolute Gasteiger partial charge is 0.0792 e. The predicted molar refractivity (Wildman–Crippen MR) is 42.1 cm³/mol. The second-order valence-corrected chi connectivity index (χ2v) is 3.37. The number of hydrogen-bond donors (Lipinski definition) is 0. The van der Waals surface area contributed by atoms with Crippen molar-refractivity contribution in [3.63, 3.8) is 0 Å². The fourth-order valence-electron chi connectivity index (χ4n) is 1.62. The predicted octanol–water partition coefficient (Wildman–Crippen LogP) is 1.12. The lowest BCUT2D eigenvalue weighted by Crippen LogP contribution is -2.31. The van der Waals surface area contributed by atoms with Crippen LogP contribution in [0.2, 0.25) is 0 Å². The molecule has 0 bridgehead atoms. The van der Waals surface area contributed by atoms with Crippen molar-refractivity contribution in [3.8, 4) is 0 Å². The Labute approximate surface area is 63.2 Å². The van der Waals surface area contributed by atoms with Crippen LogP contribution in [-0.2, 0) is 4.74 Å². The van der Waals surface area contributed by atoms with E-state index in [1.807, 2.05) is 0 Å². The van der Waals surface area contributed by atoms with Gasteiger partial charge >= 0.3 is 0 Å². The van der Waals surface area contributed by atoms with Gasteiger partial charge in [0.05, 0.1) is 5.60 Å². The molecule has 0 aromatic rings. The average molecular weight is 143 g/mol. The number of ether oxygens (including phenoxy) is 1. The first-order valence-corrected chi connectivity index (χ1v) is 3.99. The van der Waals surface area contributed by atoms with Crippen molar-refractivity contribution in [2.75, 3.05) is 26.7 Å². The van der Waals surface area contributed by atoms with Gasteiger partial charge in [-0.15, -0.1) is 0 Å². The molecule has 0 saturated carbocycles. The maximum Gasteiger partial charge on any atom is 0.0792 e. The zero-order chi connectivity index (χ0) is 7.61. The molecule has 10 heavy (non-hydrogen) atoms. The summed E-state index contributed by atoms with van der Waals surface area (Å²) < 4.78 is 5.62. The summed E-state index contributed by atoms with van der Waals surface area (Å²) in [6, 6.07) is 0. The summed E-state index contributed by atoms with van der Waals surface area (Å²) in [5.74, 6) is 0. The van der Waals surface area contributed by atoms with Gasteiger partial charge in [-0.3, -0.25) is 0 Å². The van der Waals surface area contributed by atoms with E-state index in [4.69, 9.17) is 4.74 Å². The highest BCUT2D eigenvalue weighted by molar-refractivity contribution is 4.85. The lowest BCUT2D eigenvalue weighted by atomic mass is 10.1. The highest BCUT2D eigenvalue weighted by Crippen LogP contribution is 2.22. The largest absolute Gasteiger partial charge is 0.374 e. The van der Waals surface area contributed by atoms with Gasteiger partial charge in [-0.25, -0.2) is 0 Å². The van der Waals surface area contributed by atoms with Gasteiger partial charge in [-0.1, -0.05) is 0 Å². The summed E-state index contributed by atoms with van der Waals surface area (Å²) in [6.07, 6.45) is 1.18. The van der Waals surface area contributed by atoms with Gasteiger partial charge in [0.25, 0.3) is 0 Å². The first-order chi connectivity index (χ1) is 4.66. The zero-order valence-electron chi connectivity index (χ0n) is 7.18. The molecule has 1 fully saturated rings. The molecule has 2 nitrogen and oxygen atoms in total. The zero-order valence-corrected chi connectivity index (χ0v) is 7.18. The van der Waals surface area contributed by atoms with Crippen molar-refractivity contribution in [2.24, 2.45) is 0 Å². The minimum atomic E-state index is 0.142. The van der Waals surface area contributed by atoms with Gasteiger partial charge < -0.3 is 9.64 Å². The van der Waals surface area contributed by atoms with Crippen LogP contribution >= 0.6 is 0 Å². The maximum absolute atomic E-state index is 5.62. The summed E-state index contributed by atoms with van der Waals surface area (Å²) in [7, 11) is 2.14. The SMILES string of the molecule is CCOC1(C)CCN(C)C1. The Hall–Kier alpha value is -0.0800. The van der Waals surface area contributed by atoms with Gasteiger partial charge in [-0.2, -0.15) is 0 Å². The van der Waals surface area contributed by atoms with Gasteiger partial charge in [0.15, 0.2) is 0 Å². The molecule has 1 atom stereocenters. The van der Waals surface area contributed by atoms with E-state index in [0.717, 1.165) is 13.2 Å². The molecule has 2 heteroatoms. The molecule has 1 aliphatic heterocycles. The third kappa shape index (κ3) is 1.70. The van der Waals surface area contributed by atoms with Crippen molar-refractivity contribution in [3.05, 3.63) is 0 Å². The molecule has 60 valence electrons. The topological polar surface area (TPSA) is 12.5 Å². The number of likely N-dealkylation sites (tertiary alicyclic amines) is 1. The van der Waals surface area contributed by atoms with E-state index in [1.54, 1.807) is 0 Å². The molecule has 0 aliphatic carbocycles. The molecule has 0 radical (unpaired) electrons. The summed E-state index contributed by atoms with van der Waals surface area (Å²) in [5.41, 5.74) is 0.142. The van der Waals surface area contributed by atoms with Gasteiger partial charge in [0.1, 0.15) is 0 Å².